The van der Waals surface area contributed by atoms with Crippen LogP contribution in [0, 0.1) is 5.41 Å². The minimum atomic E-state index is -1.75. The first-order chi connectivity index (χ1) is 31.6. The van der Waals surface area contributed by atoms with Crippen molar-refractivity contribution in [2.45, 2.75) is 120 Å². The molecule has 15 nitrogen and oxygen atoms in total. The van der Waals surface area contributed by atoms with Gasteiger partial charge >= 0.3 is 11.9 Å². The summed E-state index contributed by atoms with van der Waals surface area (Å²) < 4.78 is 25.7. The zero-order chi connectivity index (χ0) is 46.8. The number of aromatic hydroxyl groups is 1. The van der Waals surface area contributed by atoms with E-state index in [2.05, 4.69) is 10.6 Å². The van der Waals surface area contributed by atoms with Crippen molar-refractivity contribution in [3.8, 4) is 5.75 Å². The van der Waals surface area contributed by atoms with Crippen molar-refractivity contribution in [1.82, 2.24) is 15.7 Å². The molecule has 1 aliphatic carbocycles. The highest BCUT2D eigenvalue weighted by Crippen LogP contribution is 2.59. The lowest BCUT2D eigenvalue weighted by Gasteiger charge is -2.49. The number of carbonyl (C=O) groups excluding carboxylic acids is 4. The first kappa shape index (κ1) is 46.6. The van der Waals surface area contributed by atoms with E-state index >= 15 is 4.79 Å². The molecule has 348 valence electrons. The molecule has 1 saturated carbocycles. The fraction of sp³-hybridized carbons (Fsp3) is 0.412. The molecule has 0 spiro atoms. The number of fused-ring (bicyclic) bond motifs is 4. The first-order valence-electron chi connectivity index (χ1n) is 22.4. The summed E-state index contributed by atoms with van der Waals surface area (Å²) in [5.41, 5.74) is 1.15. The van der Waals surface area contributed by atoms with Gasteiger partial charge in [0.15, 0.2) is 6.04 Å². The van der Waals surface area contributed by atoms with Crippen LogP contribution in [0.5, 0.6) is 5.75 Å². The second kappa shape index (κ2) is 19.1. The number of hydroxylamine groups is 2. The van der Waals surface area contributed by atoms with E-state index in [1.54, 1.807) is 32.9 Å². The molecule has 9 atom stereocenters. The number of phenolic OH excluding ortho intramolecular Hbond substituents is 1. The first-order valence-corrected chi connectivity index (χ1v) is 22.4. The Morgan fingerprint density at radius 3 is 2.14 bits per heavy atom. The highest BCUT2D eigenvalue weighted by molar-refractivity contribution is 5.96. The molecule has 0 aromatic heterocycles. The van der Waals surface area contributed by atoms with Crippen molar-refractivity contribution in [2.24, 2.45) is 5.41 Å². The zero-order valence-electron chi connectivity index (χ0n) is 37.4. The van der Waals surface area contributed by atoms with Gasteiger partial charge in [0.2, 0.25) is 17.6 Å². The molecule has 4 aromatic carbocycles. The topological polar surface area (TPSA) is 202 Å². The Morgan fingerprint density at radius 2 is 1.50 bits per heavy atom. The number of allylic oxidation sites excluding steroid dienone is 1. The fourth-order valence-electron chi connectivity index (χ4n) is 9.56. The molecule has 3 saturated heterocycles. The predicted molar refractivity (Wildman–Crippen MR) is 240 cm³/mol. The Balaban J connectivity index is 1.13. The van der Waals surface area contributed by atoms with E-state index in [1.807, 2.05) is 109 Å². The summed E-state index contributed by atoms with van der Waals surface area (Å²) in [7, 11) is 0. The Labute approximate surface area is 383 Å². The van der Waals surface area contributed by atoms with E-state index in [9.17, 15) is 29.7 Å². The number of rotatable bonds is 16. The third kappa shape index (κ3) is 9.24. The molecule has 3 aliphatic heterocycles. The van der Waals surface area contributed by atoms with Crippen molar-refractivity contribution in [3.05, 3.63) is 143 Å². The normalized spacial score (nSPS) is 25.6. The third-order valence-corrected chi connectivity index (χ3v) is 12.6. The molecule has 0 radical (unpaired) electrons. The number of nitrogens with one attached hydrogen (secondary N) is 2. The molecule has 8 rings (SSSR count). The van der Waals surface area contributed by atoms with E-state index in [1.165, 1.54) is 12.0 Å². The van der Waals surface area contributed by atoms with Gasteiger partial charge in [-0.1, -0.05) is 115 Å². The number of aliphatic hydroxyl groups is 2. The van der Waals surface area contributed by atoms with Crippen LogP contribution in [-0.4, -0.2) is 105 Å². The number of hydrogen-bond donors (Lipinski definition) is 5. The highest BCUT2D eigenvalue weighted by atomic mass is 16.8. The van der Waals surface area contributed by atoms with Crippen molar-refractivity contribution in [3.63, 3.8) is 0 Å². The average Bonchev–Trinajstić information content (AvgIpc) is 3.88. The standard InChI is InChI=1S/C51H57N3O12/c1-31(56)41(46(59)52-37(30-55)26-27-40(58)63-49(2,3)4)53-48(61)50-28-39-42-43(65-51(64-42,35-21-7-5-8-22-35)36-23-9-6-10-24-36)45(50)66-54(44(50)47(60)62-39)29-34-18-12-11-16-32(34)19-15-20-33-17-13-14-25-38(33)57/h5-19,21-25,31,37,39,41-45,55-57H,20,26-30H2,1-4H3,(H,52,59)(H,53,61)/t31-,37-,39+,41+,42-,43-,44-,45+,50-/m0/s1. The van der Waals surface area contributed by atoms with Crippen LogP contribution in [0.1, 0.15) is 74.8 Å². The summed E-state index contributed by atoms with van der Waals surface area (Å²) in [6, 6.07) is 29.5. The zero-order valence-corrected chi connectivity index (χ0v) is 37.4. The van der Waals surface area contributed by atoms with Crippen molar-refractivity contribution in [2.75, 3.05) is 6.61 Å². The molecule has 15 heteroatoms. The van der Waals surface area contributed by atoms with E-state index in [-0.39, 0.29) is 31.6 Å². The number of aliphatic hydroxyl groups excluding tert-OH is 2. The summed E-state index contributed by atoms with van der Waals surface area (Å²) in [5.74, 6) is -4.15. The van der Waals surface area contributed by atoms with Gasteiger partial charge in [-0.15, -0.1) is 0 Å². The number of amides is 2. The average molecular weight is 904 g/mol. The Morgan fingerprint density at radius 1 is 0.879 bits per heavy atom. The van der Waals surface area contributed by atoms with E-state index < -0.39 is 95.8 Å². The van der Waals surface area contributed by atoms with Crippen LogP contribution in [0.4, 0.5) is 0 Å². The number of nitrogens with zero attached hydrogens (tertiary/aromatic N) is 1. The molecule has 3 heterocycles. The minimum absolute atomic E-state index is 0.0178. The second-order valence-corrected chi connectivity index (χ2v) is 18.4. The molecular weight excluding hydrogens is 847 g/mol. The van der Waals surface area contributed by atoms with Gasteiger partial charge in [-0.3, -0.25) is 24.0 Å². The quantitative estimate of drug-likeness (QED) is 0.0979. The molecule has 4 aromatic rings. The van der Waals surface area contributed by atoms with Crippen LogP contribution in [0.25, 0.3) is 6.08 Å². The van der Waals surface area contributed by atoms with Gasteiger partial charge in [0.05, 0.1) is 25.3 Å². The molecular formula is C51H57N3O12. The summed E-state index contributed by atoms with van der Waals surface area (Å²) in [6.07, 6.45) is -1.39. The predicted octanol–water partition coefficient (Wildman–Crippen LogP) is 4.60. The summed E-state index contributed by atoms with van der Waals surface area (Å²) >= 11 is 0. The highest BCUT2D eigenvalue weighted by Gasteiger charge is 2.76. The van der Waals surface area contributed by atoms with Gasteiger partial charge in [-0.05, 0) is 63.3 Å². The SMILES string of the molecule is C[C@H](O)[C@@H](NC(=O)[C@@]12C[C@H]3OC(=O)[C@@H]1N(Cc1ccccc1C=CCc1ccccc1O)O[C@@H]2[C@H]1OC(c2ccccc2)(c2ccccc2)O[C@H]13)C(=O)N[C@H](CO)CCC(=O)OC(C)(C)C. The number of benzene rings is 4. The maximum Gasteiger partial charge on any atom is 0.327 e. The molecule has 5 N–H and O–H groups in total. The van der Waals surface area contributed by atoms with Gasteiger partial charge in [-0.25, -0.2) is 0 Å². The van der Waals surface area contributed by atoms with E-state index in [0.29, 0.717) is 17.5 Å². The number of esters is 2. The van der Waals surface area contributed by atoms with Crippen LogP contribution >= 0.6 is 0 Å². The smallest absolute Gasteiger partial charge is 0.327 e. The monoisotopic (exact) mass is 903 g/mol. The second-order valence-electron chi connectivity index (χ2n) is 18.4. The maximum atomic E-state index is 15.4. The molecule has 0 unspecified atom stereocenters. The number of para-hydroxylation sites is 1. The number of ether oxygens (including phenoxy) is 4. The Kier molecular flexibility index (Phi) is 13.5. The van der Waals surface area contributed by atoms with Gasteiger partial charge in [0.25, 0.3) is 0 Å². The molecule has 2 amide bonds. The Hall–Kier alpha value is -5.94. The summed E-state index contributed by atoms with van der Waals surface area (Å²) in [4.78, 5) is 63.3. The number of carbonyl (C=O) groups is 4. The Bertz CT molecular complexity index is 2380. The minimum Gasteiger partial charge on any atom is -0.508 e. The molecule has 4 fully saturated rings. The largest absolute Gasteiger partial charge is 0.508 e. The van der Waals surface area contributed by atoms with Gasteiger partial charge < -0.3 is 44.9 Å². The number of hydrogen-bond acceptors (Lipinski definition) is 13. The fourth-order valence-corrected chi connectivity index (χ4v) is 9.56. The molecule has 2 bridgehead atoms. The van der Waals surface area contributed by atoms with Gasteiger partial charge in [0, 0.05) is 24.0 Å². The van der Waals surface area contributed by atoms with Crippen LogP contribution in [-0.2, 0) is 61.7 Å². The van der Waals surface area contributed by atoms with E-state index in [0.717, 1.165) is 16.7 Å². The molecule has 66 heavy (non-hydrogen) atoms. The van der Waals surface area contributed by atoms with Crippen LogP contribution in [0.3, 0.4) is 0 Å². The van der Waals surface area contributed by atoms with Crippen molar-refractivity contribution in [1.29, 1.82) is 0 Å². The number of phenols is 1. The van der Waals surface area contributed by atoms with Gasteiger partial charge in [-0.2, -0.15) is 5.06 Å². The van der Waals surface area contributed by atoms with E-state index in [4.69, 9.17) is 23.8 Å². The van der Waals surface area contributed by atoms with Crippen molar-refractivity contribution >= 4 is 29.8 Å². The molecule has 4 aliphatic rings. The van der Waals surface area contributed by atoms with Crippen LogP contribution in [0.2, 0.25) is 0 Å². The van der Waals surface area contributed by atoms with Crippen LogP contribution < -0.4 is 10.6 Å². The lowest BCUT2D eigenvalue weighted by molar-refractivity contribution is -0.213. The maximum absolute atomic E-state index is 15.4. The summed E-state index contributed by atoms with van der Waals surface area (Å²) in [6.45, 7) is 6.02. The van der Waals surface area contributed by atoms with Crippen molar-refractivity contribution < 1.29 is 58.3 Å². The van der Waals surface area contributed by atoms with Gasteiger partial charge in [0.1, 0.15) is 47.2 Å². The van der Waals surface area contributed by atoms with Crippen LogP contribution in [0.15, 0.2) is 115 Å². The summed E-state index contributed by atoms with van der Waals surface area (Å²) in [5, 5.41) is 38.5. The lowest BCUT2D eigenvalue weighted by atomic mass is 9.62. The lowest BCUT2D eigenvalue weighted by Crippen LogP contribution is -2.71. The third-order valence-electron chi connectivity index (χ3n) is 12.6.